The molecule has 0 amide bonds. The Balaban J connectivity index is 1.87. The third-order valence-electron chi connectivity index (χ3n) is 4.40. The zero-order valence-electron chi connectivity index (χ0n) is 12.4. The van der Waals surface area contributed by atoms with E-state index >= 15 is 0 Å². The van der Waals surface area contributed by atoms with E-state index in [1.807, 2.05) is 13.1 Å². The number of anilines is 1. The lowest BCUT2D eigenvalue weighted by Crippen LogP contribution is -2.17. The van der Waals surface area contributed by atoms with Crippen LogP contribution in [0.1, 0.15) is 46.1 Å². The first-order valence-corrected chi connectivity index (χ1v) is 7.58. The third kappa shape index (κ3) is 3.50. The van der Waals surface area contributed by atoms with Crippen LogP contribution < -0.4 is 5.32 Å². The molecule has 1 heterocycles. The lowest BCUT2D eigenvalue weighted by Gasteiger charge is -2.22. The van der Waals surface area contributed by atoms with Crippen molar-refractivity contribution in [3.63, 3.8) is 0 Å². The minimum absolute atomic E-state index is 0.604. The molecule has 0 aliphatic heterocycles. The Bertz CT molecular complexity index is 377. The second-order valence-corrected chi connectivity index (χ2v) is 5.62. The van der Waals surface area contributed by atoms with Crippen LogP contribution in [0.5, 0.6) is 0 Å². The Morgan fingerprint density at radius 1 is 1.42 bits per heavy atom. The van der Waals surface area contributed by atoms with Crippen molar-refractivity contribution >= 4 is 5.95 Å². The summed E-state index contributed by atoms with van der Waals surface area (Å²) in [5, 5.41) is 3.44. The van der Waals surface area contributed by atoms with Crippen molar-refractivity contribution in [1.82, 2.24) is 9.55 Å². The molecule has 0 saturated heterocycles. The molecular formula is C15H27N3O. The van der Waals surface area contributed by atoms with Crippen LogP contribution in [-0.4, -0.2) is 29.3 Å². The third-order valence-corrected chi connectivity index (χ3v) is 4.40. The summed E-state index contributed by atoms with van der Waals surface area (Å²) in [5.41, 5.74) is 0. The molecule has 1 N–H and O–H groups in total. The average Bonchev–Trinajstić information content (AvgIpc) is 2.98. The molecule has 0 radical (unpaired) electrons. The van der Waals surface area contributed by atoms with Gasteiger partial charge in [0, 0.05) is 38.2 Å². The molecule has 108 valence electrons. The molecule has 0 bridgehead atoms. The molecule has 1 aromatic heterocycles. The summed E-state index contributed by atoms with van der Waals surface area (Å²) in [7, 11) is 0. The fourth-order valence-corrected chi connectivity index (χ4v) is 2.97. The van der Waals surface area contributed by atoms with Crippen LogP contribution >= 0.6 is 0 Å². The van der Waals surface area contributed by atoms with Gasteiger partial charge in [-0.1, -0.05) is 13.8 Å². The van der Waals surface area contributed by atoms with E-state index in [9.17, 15) is 0 Å². The molecule has 0 spiro atoms. The van der Waals surface area contributed by atoms with E-state index < -0.39 is 0 Å². The van der Waals surface area contributed by atoms with Gasteiger partial charge in [-0.25, -0.2) is 4.98 Å². The molecule has 19 heavy (non-hydrogen) atoms. The molecule has 0 aromatic carbocycles. The first-order chi connectivity index (χ1) is 9.24. The highest BCUT2D eigenvalue weighted by Crippen LogP contribution is 2.40. The van der Waals surface area contributed by atoms with Crippen molar-refractivity contribution in [2.24, 2.45) is 11.8 Å². The Hall–Kier alpha value is -1.03. The maximum Gasteiger partial charge on any atom is 0.203 e. The quantitative estimate of drug-likeness (QED) is 0.769. The van der Waals surface area contributed by atoms with Gasteiger partial charge < -0.3 is 14.6 Å². The Labute approximate surface area is 116 Å². The minimum Gasteiger partial charge on any atom is -0.382 e. The summed E-state index contributed by atoms with van der Waals surface area (Å²) in [6.45, 7) is 9.29. The van der Waals surface area contributed by atoms with Gasteiger partial charge >= 0.3 is 0 Å². The van der Waals surface area contributed by atoms with E-state index in [4.69, 9.17) is 4.74 Å². The van der Waals surface area contributed by atoms with Gasteiger partial charge in [0.2, 0.25) is 5.95 Å². The fourth-order valence-electron chi connectivity index (χ4n) is 2.97. The first kappa shape index (κ1) is 14.4. The van der Waals surface area contributed by atoms with E-state index in [0.29, 0.717) is 6.04 Å². The maximum atomic E-state index is 5.35. The number of hydrogen-bond acceptors (Lipinski definition) is 3. The van der Waals surface area contributed by atoms with E-state index in [1.165, 1.54) is 12.8 Å². The van der Waals surface area contributed by atoms with Crippen LogP contribution in [0.15, 0.2) is 12.4 Å². The summed E-state index contributed by atoms with van der Waals surface area (Å²) >= 11 is 0. The zero-order valence-corrected chi connectivity index (χ0v) is 12.4. The van der Waals surface area contributed by atoms with Gasteiger partial charge in [0.15, 0.2) is 0 Å². The molecular weight excluding hydrogens is 238 g/mol. The SMILES string of the molecule is CCOCCCNc1nccn1C1CCC(C)C1C. The molecule has 4 heteroatoms. The number of nitrogens with one attached hydrogen (secondary N) is 1. The average molecular weight is 265 g/mol. The standard InChI is InChI=1S/C15H27N3O/c1-4-19-11-5-8-16-15-17-9-10-18(15)14-7-6-12(2)13(14)3/h9-10,12-14H,4-8,11H2,1-3H3,(H,16,17). The van der Waals surface area contributed by atoms with Crippen LogP contribution in [0, 0.1) is 11.8 Å². The van der Waals surface area contributed by atoms with Gasteiger partial charge in [0.05, 0.1) is 0 Å². The van der Waals surface area contributed by atoms with Crippen LogP contribution in [0.4, 0.5) is 5.95 Å². The Kier molecular flexibility index (Phi) is 5.25. The molecule has 3 atom stereocenters. The number of nitrogens with zero attached hydrogens (tertiary/aromatic N) is 2. The molecule has 1 aromatic rings. The molecule has 3 unspecified atom stereocenters. The van der Waals surface area contributed by atoms with Crippen molar-refractivity contribution in [2.45, 2.75) is 46.1 Å². The van der Waals surface area contributed by atoms with Gasteiger partial charge in [0.25, 0.3) is 0 Å². The van der Waals surface area contributed by atoms with E-state index in [1.54, 1.807) is 0 Å². The highest BCUT2D eigenvalue weighted by atomic mass is 16.5. The second-order valence-electron chi connectivity index (χ2n) is 5.62. The van der Waals surface area contributed by atoms with Gasteiger partial charge in [0.1, 0.15) is 0 Å². The van der Waals surface area contributed by atoms with E-state index in [-0.39, 0.29) is 0 Å². The first-order valence-electron chi connectivity index (χ1n) is 7.58. The molecule has 4 nitrogen and oxygen atoms in total. The normalized spacial score (nSPS) is 26.8. The lowest BCUT2D eigenvalue weighted by molar-refractivity contribution is 0.147. The second kappa shape index (κ2) is 6.94. The monoisotopic (exact) mass is 265 g/mol. The van der Waals surface area contributed by atoms with Crippen molar-refractivity contribution in [1.29, 1.82) is 0 Å². The summed E-state index contributed by atoms with van der Waals surface area (Å²) in [4.78, 5) is 4.45. The van der Waals surface area contributed by atoms with Gasteiger partial charge in [-0.2, -0.15) is 0 Å². The largest absolute Gasteiger partial charge is 0.382 e. The predicted molar refractivity (Wildman–Crippen MR) is 78.4 cm³/mol. The van der Waals surface area contributed by atoms with Crippen molar-refractivity contribution < 1.29 is 4.74 Å². The number of aromatic nitrogens is 2. The minimum atomic E-state index is 0.604. The van der Waals surface area contributed by atoms with Crippen LogP contribution in [-0.2, 0) is 4.74 Å². The summed E-state index contributed by atoms with van der Waals surface area (Å²) < 4.78 is 7.68. The molecule has 1 aliphatic carbocycles. The van der Waals surface area contributed by atoms with Crippen LogP contribution in [0.25, 0.3) is 0 Å². The number of ether oxygens (including phenoxy) is 1. The van der Waals surface area contributed by atoms with Crippen LogP contribution in [0.3, 0.4) is 0 Å². The Morgan fingerprint density at radius 3 is 2.95 bits per heavy atom. The molecule has 2 rings (SSSR count). The smallest absolute Gasteiger partial charge is 0.203 e. The molecule has 1 aliphatic rings. The van der Waals surface area contributed by atoms with Gasteiger partial charge in [-0.3, -0.25) is 0 Å². The number of hydrogen-bond donors (Lipinski definition) is 1. The van der Waals surface area contributed by atoms with Crippen molar-refractivity contribution in [3.8, 4) is 0 Å². The van der Waals surface area contributed by atoms with E-state index in [2.05, 4.69) is 34.9 Å². The molecule has 1 fully saturated rings. The van der Waals surface area contributed by atoms with Crippen molar-refractivity contribution in [3.05, 3.63) is 12.4 Å². The molecule has 1 saturated carbocycles. The zero-order chi connectivity index (χ0) is 13.7. The van der Waals surface area contributed by atoms with Crippen LogP contribution in [0.2, 0.25) is 0 Å². The topological polar surface area (TPSA) is 39.1 Å². The fraction of sp³-hybridized carbons (Fsp3) is 0.800. The van der Waals surface area contributed by atoms with E-state index in [0.717, 1.165) is 44.0 Å². The summed E-state index contributed by atoms with van der Waals surface area (Å²) in [5.74, 6) is 2.57. The predicted octanol–water partition coefficient (Wildman–Crippen LogP) is 3.33. The summed E-state index contributed by atoms with van der Waals surface area (Å²) in [6.07, 6.45) is 7.64. The van der Waals surface area contributed by atoms with Gasteiger partial charge in [-0.05, 0) is 38.0 Å². The lowest BCUT2D eigenvalue weighted by atomic mass is 9.98. The van der Waals surface area contributed by atoms with Crippen molar-refractivity contribution in [2.75, 3.05) is 25.1 Å². The summed E-state index contributed by atoms with van der Waals surface area (Å²) in [6, 6.07) is 0.604. The maximum absolute atomic E-state index is 5.35. The highest BCUT2D eigenvalue weighted by molar-refractivity contribution is 5.27. The highest BCUT2D eigenvalue weighted by Gasteiger charge is 2.31. The number of imidazole rings is 1. The van der Waals surface area contributed by atoms with Gasteiger partial charge in [-0.15, -0.1) is 0 Å². The number of rotatable bonds is 7. The Morgan fingerprint density at radius 2 is 2.26 bits per heavy atom.